The van der Waals surface area contributed by atoms with Gasteiger partial charge in [0.25, 0.3) is 0 Å². The average Bonchev–Trinajstić information content (AvgIpc) is 3.19. The first-order valence-electron chi connectivity index (χ1n) is 10.7. The van der Waals surface area contributed by atoms with E-state index in [1.807, 2.05) is 36.1 Å². The Hall–Kier alpha value is -3.22. The summed E-state index contributed by atoms with van der Waals surface area (Å²) in [5, 5.41) is 6.61. The van der Waals surface area contributed by atoms with Gasteiger partial charge in [0.05, 0.1) is 13.7 Å². The number of amides is 1. The molecule has 0 spiro atoms. The quantitative estimate of drug-likeness (QED) is 0.478. The standard InChI is InChI=1S/C24H32N4O3/c1-18(31-22-7-4-6-21(14-22)30-3)15-26-24(25-2)27-16-19-9-11-20(12-10-19)17-28-13-5-8-23(28)29/h4,6-7,9-12,14,18H,5,8,13,15-17H2,1-3H3,(H2,25,26,27). The summed E-state index contributed by atoms with van der Waals surface area (Å²) >= 11 is 0. The van der Waals surface area contributed by atoms with Crippen molar-refractivity contribution < 1.29 is 14.3 Å². The average molecular weight is 425 g/mol. The van der Waals surface area contributed by atoms with E-state index in [4.69, 9.17) is 9.47 Å². The van der Waals surface area contributed by atoms with Crippen LogP contribution in [0.2, 0.25) is 0 Å². The van der Waals surface area contributed by atoms with E-state index in [2.05, 4.69) is 39.9 Å². The first-order valence-corrected chi connectivity index (χ1v) is 10.7. The van der Waals surface area contributed by atoms with E-state index in [0.29, 0.717) is 32.0 Å². The Morgan fingerprint density at radius 3 is 2.55 bits per heavy atom. The molecule has 1 unspecified atom stereocenters. The van der Waals surface area contributed by atoms with Crippen molar-refractivity contribution in [1.29, 1.82) is 0 Å². The maximum atomic E-state index is 11.8. The lowest BCUT2D eigenvalue weighted by Crippen LogP contribution is -2.41. The summed E-state index contributed by atoms with van der Waals surface area (Å²) in [4.78, 5) is 18.0. The van der Waals surface area contributed by atoms with Crippen molar-refractivity contribution in [1.82, 2.24) is 15.5 Å². The Morgan fingerprint density at radius 1 is 1.13 bits per heavy atom. The van der Waals surface area contributed by atoms with Crippen LogP contribution in [-0.2, 0) is 17.9 Å². The molecule has 1 saturated heterocycles. The lowest BCUT2D eigenvalue weighted by molar-refractivity contribution is -0.128. The number of guanidine groups is 1. The molecule has 1 fully saturated rings. The van der Waals surface area contributed by atoms with Crippen molar-refractivity contribution >= 4 is 11.9 Å². The molecule has 0 aromatic heterocycles. The van der Waals surface area contributed by atoms with Crippen LogP contribution in [0.15, 0.2) is 53.5 Å². The summed E-state index contributed by atoms with van der Waals surface area (Å²) in [5.74, 6) is 2.51. The molecule has 7 nitrogen and oxygen atoms in total. The van der Waals surface area contributed by atoms with E-state index < -0.39 is 0 Å². The number of rotatable bonds is 9. The Balaban J connectivity index is 1.42. The molecule has 0 radical (unpaired) electrons. The molecule has 166 valence electrons. The minimum absolute atomic E-state index is 0.0433. The number of ether oxygens (including phenoxy) is 2. The zero-order chi connectivity index (χ0) is 22.1. The highest BCUT2D eigenvalue weighted by Gasteiger charge is 2.19. The molecule has 0 aliphatic carbocycles. The van der Waals surface area contributed by atoms with Gasteiger partial charge in [-0.15, -0.1) is 0 Å². The number of nitrogens with one attached hydrogen (secondary N) is 2. The second-order valence-corrected chi connectivity index (χ2v) is 7.65. The topological polar surface area (TPSA) is 75.2 Å². The van der Waals surface area contributed by atoms with Crippen LogP contribution in [0.4, 0.5) is 0 Å². The van der Waals surface area contributed by atoms with Crippen molar-refractivity contribution in [2.75, 3.05) is 27.2 Å². The minimum Gasteiger partial charge on any atom is -0.497 e. The summed E-state index contributed by atoms with van der Waals surface area (Å²) in [7, 11) is 3.39. The van der Waals surface area contributed by atoms with Gasteiger partial charge in [0.15, 0.2) is 5.96 Å². The molecule has 0 bridgehead atoms. The molecule has 2 aromatic rings. The first kappa shape index (κ1) is 22.5. The Kier molecular flexibility index (Phi) is 8.15. The summed E-state index contributed by atoms with van der Waals surface area (Å²) in [6.07, 6.45) is 1.60. The number of hydrogen-bond donors (Lipinski definition) is 2. The van der Waals surface area contributed by atoms with E-state index >= 15 is 0 Å². The summed E-state index contributed by atoms with van der Waals surface area (Å²) in [6.45, 7) is 4.84. The lowest BCUT2D eigenvalue weighted by atomic mass is 10.1. The largest absolute Gasteiger partial charge is 0.497 e. The third kappa shape index (κ3) is 6.91. The zero-order valence-electron chi connectivity index (χ0n) is 18.6. The van der Waals surface area contributed by atoms with Crippen molar-refractivity contribution in [3.05, 3.63) is 59.7 Å². The molecule has 1 aliphatic heterocycles. The van der Waals surface area contributed by atoms with Crippen molar-refractivity contribution in [3.8, 4) is 11.5 Å². The molecule has 1 aliphatic rings. The molecular weight excluding hydrogens is 392 g/mol. The van der Waals surface area contributed by atoms with Gasteiger partial charge in [0.1, 0.15) is 17.6 Å². The van der Waals surface area contributed by atoms with E-state index in [0.717, 1.165) is 35.6 Å². The van der Waals surface area contributed by atoms with Gasteiger partial charge in [-0.1, -0.05) is 30.3 Å². The van der Waals surface area contributed by atoms with E-state index in [9.17, 15) is 4.79 Å². The summed E-state index contributed by atoms with van der Waals surface area (Å²) in [5.41, 5.74) is 2.31. The fourth-order valence-corrected chi connectivity index (χ4v) is 3.45. The normalized spacial score (nSPS) is 15.0. The SMILES string of the molecule is CN=C(NCc1ccc(CN2CCCC2=O)cc1)NCC(C)Oc1cccc(OC)c1. The summed E-state index contributed by atoms with van der Waals surface area (Å²) in [6, 6.07) is 15.9. The number of benzene rings is 2. The zero-order valence-corrected chi connectivity index (χ0v) is 18.6. The molecule has 2 N–H and O–H groups in total. The highest BCUT2D eigenvalue weighted by molar-refractivity contribution is 5.79. The van der Waals surface area contributed by atoms with Crippen LogP contribution in [0, 0.1) is 0 Å². The molecule has 1 amide bonds. The van der Waals surface area contributed by atoms with Crippen LogP contribution in [0.3, 0.4) is 0 Å². The maximum absolute atomic E-state index is 11.8. The number of likely N-dealkylation sites (tertiary alicyclic amines) is 1. The van der Waals surface area contributed by atoms with Gasteiger partial charge in [-0.2, -0.15) is 0 Å². The predicted octanol–water partition coefficient (Wildman–Crippen LogP) is 2.95. The number of hydrogen-bond acceptors (Lipinski definition) is 4. The predicted molar refractivity (Wildman–Crippen MR) is 122 cm³/mol. The van der Waals surface area contributed by atoms with Gasteiger partial charge in [0, 0.05) is 39.2 Å². The number of carbonyl (C=O) groups is 1. The number of methoxy groups -OCH3 is 1. The molecule has 3 rings (SSSR count). The van der Waals surface area contributed by atoms with Crippen LogP contribution in [-0.4, -0.2) is 50.1 Å². The minimum atomic E-state index is -0.0433. The molecule has 0 saturated carbocycles. The van der Waals surface area contributed by atoms with Crippen molar-refractivity contribution in [2.45, 2.75) is 39.0 Å². The fraction of sp³-hybridized carbons (Fsp3) is 0.417. The van der Waals surface area contributed by atoms with Gasteiger partial charge in [-0.25, -0.2) is 0 Å². The van der Waals surface area contributed by atoms with Gasteiger partial charge in [-0.3, -0.25) is 9.79 Å². The number of nitrogens with zero attached hydrogens (tertiary/aromatic N) is 2. The van der Waals surface area contributed by atoms with E-state index in [1.165, 1.54) is 0 Å². The second kappa shape index (κ2) is 11.2. The van der Waals surface area contributed by atoms with Gasteiger partial charge >= 0.3 is 0 Å². The van der Waals surface area contributed by atoms with Crippen LogP contribution >= 0.6 is 0 Å². The Bertz CT molecular complexity index is 883. The second-order valence-electron chi connectivity index (χ2n) is 7.65. The Labute approximate surface area is 184 Å². The van der Waals surface area contributed by atoms with Crippen molar-refractivity contribution in [2.24, 2.45) is 4.99 Å². The van der Waals surface area contributed by atoms with Crippen LogP contribution in [0.5, 0.6) is 11.5 Å². The molecule has 1 heterocycles. The lowest BCUT2D eigenvalue weighted by Gasteiger charge is -2.18. The van der Waals surface area contributed by atoms with Crippen LogP contribution < -0.4 is 20.1 Å². The molecule has 2 aromatic carbocycles. The van der Waals surface area contributed by atoms with E-state index in [1.54, 1.807) is 14.2 Å². The Morgan fingerprint density at radius 2 is 1.87 bits per heavy atom. The molecular formula is C24H32N4O3. The number of aliphatic imine (C=N–C) groups is 1. The van der Waals surface area contributed by atoms with Gasteiger partial charge < -0.3 is 25.0 Å². The number of carbonyl (C=O) groups excluding carboxylic acids is 1. The molecule has 7 heteroatoms. The summed E-state index contributed by atoms with van der Waals surface area (Å²) < 4.78 is 11.2. The smallest absolute Gasteiger partial charge is 0.222 e. The first-order chi connectivity index (χ1) is 15.1. The van der Waals surface area contributed by atoms with Crippen LogP contribution in [0.1, 0.15) is 30.9 Å². The van der Waals surface area contributed by atoms with Gasteiger partial charge in [0.2, 0.25) is 5.91 Å². The van der Waals surface area contributed by atoms with Crippen molar-refractivity contribution in [3.63, 3.8) is 0 Å². The molecule has 31 heavy (non-hydrogen) atoms. The highest BCUT2D eigenvalue weighted by atomic mass is 16.5. The van der Waals surface area contributed by atoms with Crippen LogP contribution in [0.25, 0.3) is 0 Å². The highest BCUT2D eigenvalue weighted by Crippen LogP contribution is 2.19. The third-order valence-electron chi connectivity index (χ3n) is 5.19. The fourth-order valence-electron chi connectivity index (χ4n) is 3.45. The third-order valence-corrected chi connectivity index (χ3v) is 5.19. The van der Waals surface area contributed by atoms with Gasteiger partial charge in [-0.05, 0) is 36.6 Å². The monoisotopic (exact) mass is 424 g/mol. The molecule has 1 atom stereocenters. The maximum Gasteiger partial charge on any atom is 0.222 e. The van der Waals surface area contributed by atoms with E-state index in [-0.39, 0.29) is 12.0 Å².